The highest BCUT2D eigenvalue weighted by Crippen LogP contribution is 2.38. The minimum Gasteiger partial charge on any atom is -0.489 e. The maximum absolute atomic E-state index is 6.93. The molecule has 0 aromatic heterocycles. The molecule has 2 aromatic carbocycles. The van der Waals surface area contributed by atoms with Crippen molar-refractivity contribution in [3.8, 4) is 16.9 Å². The van der Waals surface area contributed by atoms with E-state index >= 15 is 0 Å². The number of nitrogens with one attached hydrogen (secondary N) is 2. The average Bonchev–Trinajstić information content (AvgIpc) is 3.21. The van der Waals surface area contributed by atoms with Crippen molar-refractivity contribution in [2.75, 3.05) is 13.1 Å². The van der Waals surface area contributed by atoms with Gasteiger partial charge in [-0.05, 0) is 42.8 Å². The number of guanidine groups is 2. The summed E-state index contributed by atoms with van der Waals surface area (Å²) in [7, 11) is 0. The molecule has 0 aliphatic carbocycles. The van der Waals surface area contributed by atoms with Crippen LogP contribution in [0, 0.1) is 5.53 Å². The first-order valence-electron chi connectivity index (χ1n) is 8.88. The lowest BCUT2D eigenvalue weighted by Gasteiger charge is -2.13. The van der Waals surface area contributed by atoms with E-state index in [9.17, 15) is 0 Å². The number of ether oxygens (including phenoxy) is 1. The summed E-state index contributed by atoms with van der Waals surface area (Å²) in [5, 5.41) is 13.4. The number of hydrogen-bond donors (Lipinski definition) is 4. The smallest absolute Gasteiger partial charge is 0.292 e. The van der Waals surface area contributed by atoms with Crippen LogP contribution in [0.2, 0.25) is 10.0 Å². The van der Waals surface area contributed by atoms with Gasteiger partial charge in [-0.2, -0.15) is 4.99 Å². The van der Waals surface area contributed by atoms with Crippen LogP contribution >= 0.6 is 23.2 Å². The molecule has 1 aliphatic rings. The van der Waals surface area contributed by atoms with E-state index < -0.39 is 0 Å². The van der Waals surface area contributed by atoms with Crippen molar-refractivity contribution in [2.24, 2.45) is 37.0 Å². The van der Waals surface area contributed by atoms with E-state index in [1.807, 2.05) is 24.3 Å². The lowest BCUT2D eigenvalue weighted by atomic mass is 10.0. The third-order valence-electron chi connectivity index (χ3n) is 4.19. The van der Waals surface area contributed by atoms with Crippen molar-refractivity contribution in [1.82, 2.24) is 5.32 Å². The Hall–Kier alpha value is -3.08. The van der Waals surface area contributed by atoms with E-state index in [2.05, 4.69) is 30.8 Å². The van der Waals surface area contributed by atoms with Crippen LogP contribution in [-0.4, -0.2) is 31.1 Å². The number of hydrogen-bond acceptors (Lipinski definition) is 5. The Bertz CT molecular complexity index is 976. The molecule has 0 saturated carbocycles. The second-order valence-electron chi connectivity index (χ2n) is 6.25. The number of rotatable bonds is 4. The first-order valence-corrected chi connectivity index (χ1v) is 9.64. The van der Waals surface area contributed by atoms with Gasteiger partial charge in [0.05, 0.1) is 15.7 Å². The van der Waals surface area contributed by atoms with Crippen LogP contribution in [0.5, 0.6) is 5.75 Å². The van der Waals surface area contributed by atoms with Crippen molar-refractivity contribution < 1.29 is 4.74 Å². The fourth-order valence-corrected chi connectivity index (χ4v) is 3.60. The second kappa shape index (κ2) is 10.1. The fraction of sp³-hybridized carbons (Fsp3) is 0.222. The van der Waals surface area contributed by atoms with Crippen LogP contribution in [0.15, 0.2) is 61.8 Å². The van der Waals surface area contributed by atoms with Gasteiger partial charge in [0.2, 0.25) is 5.96 Å². The molecule has 1 heterocycles. The Labute approximate surface area is 182 Å². The maximum atomic E-state index is 6.93. The quantitative estimate of drug-likeness (QED) is 0.183. The van der Waals surface area contributed by atoms with Gasteiger partial charge in [-0.25, -0.2) is 10.5 Å². The number of aliphatic imine (C=N–C) groups is 2. The predicted octanol–water partition coefficient (Wildman–Crippen LogP) is 4.06. The SMILES string of the molecule is N=NC(N=NN)=NC(N)=Nc1cc(Cl)c(-c2ccc(O[C@H]3CCNC3)cc2)c(Cl)c1. The Morgan fingerprint density at radius 2 is 1.87 bits per heavy atom. The fourth-order valence-electron chi connectivity index (χ4n) is 2.90. The van der Waals surface area contributed by atoms with Gasteiger partial charge >= 0.3 is 0 Å². The second-order valence-corrected chi connectivity index (χ2v) is 7.06. The van der Waals surface area contributed by atoms with Crippen molar-refractivity contribution >= 4 is 40.8 Å². The van der Waals surface area contributed by atoms with Gasteiger partial charge in [-0.3, -0.25) is 0 Å². The van der Waals surface area contributed by atoms with Gasteiger partial charge in [0.1, 0.15) is 11.9 Å². The van der Waals surface area contributed by atoms with Crippen molar-refractivity contribution in [3.05, 3.63) is 46.4 Å². The molecule has 10 nitrogen and oxygen atoms in total. The predicted molar refractivity (Wildman–Crippen MR) is 117 cm³/mol. The van der Waals surface area contributed by atoms with Crippen LogP contribution in [0.25, 0.3) is 11.1 Å². The number of halogens is 2. The highest BCUT2D eigenvalue weighted by Gasteiger charge is 2.16. The Kier molecular flexibility index (Phi) is 7.28. The molecule has 1 atom stereocenters. The summed E-state index contributed by atoms with van der Waals surface area (Å²) in [6, 6.07) is 10.8. The molecule has 12 heteroatoms. The van der Waals surface area contributed by atoms with Crippen molar-refractivity contribution in [1.29, 1.82) is 5.53 Å². The normalized spacial score (nSPS) is 17.5. The summed E-state index contributed by atoms with van der Waals surface area (Å²) in [5.74, 6) is 5.14. The monoisotopic (exact) mass is 447 g/mol. The molecule has 30 heavy (non-hydrogen) atoms. The molecule has 0 bridgehead atoms. The topological polar surface area (TPSA) is 159 Å². The third kappa shape index (κ3) is 5.50. The highest BCUT2D eigenvalue weighted by atomic mass is 35.5. The molecular formula is C18H19Cl2N9O. The molecule has 156 valence electrons. The number of nitrogens with zero attached hydrogens (tertiary/aromatic N) is 5. The van der Waals surface area contributed by atoms with Crippen molar-refractivity contribution in [2.45, 2.75) is 12.5 Å². The van der Waals surface area contributed by atoms with Crippen LogP contribution in [0.4, 0.5) is 5.69 Å². The Balaban J connectivity index is 1.82. The third-order valence-corrected chi connectivity index (χ3v) is 4.79. The zero-order chi connectivity index (χ0) is 21.5. The molecule has 1 fully saturated rings. The highest BCUT2D eigenvalue weighted by molar-refractivity contribution is 6.39. The van der Waals surface area contributed by atoms with Gasteiger partial charge in [0.15, 0.2) is 0 Å². The molecule has 2 aromatic rings. The van der Waals surface area contributed by atoms with Crippen molar-refractivity contribution in [3.63, 3.8) is 0 Å². The summed E-state index contributed by atoms with van der Waals surface area (Å²) in [4.78, 5) is 7.80. The van der Waals surface area contributed by atoms with Gasteiger partial charge in [-0.1, -0.05) is 45.7 Å². The zero-order valence-corrected chi connectivity index (χ0v) is 17.2. The molecule has 0 radical (unpaired) electrons. The Morgan fingerprint density at radius 3 is 2.43 bits per heavy atom. The summed E-state index contributed by atoms with van der Waals surface area (Å²) in [6.45, 7) is 1.82. The molecule has 3 rings (SSSR count). The van der Waals surface area contributed by atoms with E-state index in [4.69, 9.17) is 45.0 Å². The van der Waals surface area contributed by atoms with E-state index in [0.29, 0.717) is 21.3 Å². The first kappa shape index (κ1) is 21.6. The maximum Gasteiger partial charge on any atom is 0.292 e. The minimum atomic E-state index is -0.344. The zero-order valence-electron chi connectivity index (χ0n) is 15.7. The lowest BCUT2D eigenvalue weighted by molar-refractivity contribution is 0.223. The average molecular weight is 448 g/mol. The molecule has 0 amide bonds. The van der Waals surface area contributed by atoms with Crippen LogP contribution in [-0.2, 0) is 0 Å². The molecule has 1 aliphatic heterocycles. The summed E-state index contributed by atoms with van der Waals surface area (Å²) in [6.07, 6.45) is 1.17. The molecule has 0 unspecified atom stereocenters. The van der Waals surface area contributed by atoms with E-state index in [0.717, 1.165) is 30.8 Å². The number of nitrogens with two attached hydrogens (primary N) is 2. The summed E-state index contributed by atoms with van der Waals surface area (Å²) in [5.41, 5.74) is 14.5. The summed E-state index contributed by atoms with van der Waals surface area (Å²) >= 11 is 12.9. The summed E-state index contributed by atoms with van der Waals surface area (Å²) < 4.78 is 5.93. The van der Waals surface area contributed by atoms with Crippen LogP contribution in [0.3, 0.4) is 0 Å². The van der Waals surface area contributed by atoms with Crippen LogP contribution in [0.1, 0.15) is 6.42 Å². The Morgan fingerprint density at radius 1 is 1.17 bits per heavy atom. The van der Waals surface area contributed by atoms with E-state index in [1.165, 1.54) is 0 Å². The molecule has 0 spiro atoms. The van der Waals surface area contributed by atoms with E-state index in [-0.39, 0.29) is 18.0 Å². The van der Waals surface area contributed by atoms with Gasteiger partial charge < -0.3 is 21.6 Å². The van der Waals surface area contributed by atoms with Crippen LogP contribution < -0.4 is 21.6 Å². The van der Waals surface area contributed by atoms with Gasteiger partial charge in [-0.15, -0.1) is 5.11 Å². The standard InChI is InChI=1S/C18H19Cl2N9O/c19-14-7-11(25-17(21)26-18(27-22)28-29-23)8-15(20)16(14)10-1-3-12(4-2-10)30-13-5-6-24-9-13/h1-4,7-8,13,22,24H,5-6,9H2,(H4,21,23,25,26,28)/t13-/m0/s1. The lowest BCUT2D eigenvalue weighted by Crippen LogP contribution is -2.19. The molecular weight excluding hydrogens is 429 g/mol. The molecule has 1 saturated heterocycles. The van der Waals surface area contributed by atoms with Gasteiger partial charge in [0, 0.05) is 12.1 Å². The largest absolute Gasteiger partial charge is 0.489 e. The first-order chi connectivity index (χ1) is 14.5. The minimum absolute atomic E-state index is 0.183. The van der Waals surface area contributed by atoms with E-state index in [1.54, 1.807) is 12.1 Å². The van der Waals surface area contributed by atoms with Gasteiger partial charge in [0.25, 0.3) is 5.96 Å². The number of benzene rings is 2. The molecule has 6 N–H and O–H groups in total.